The highest BCUT2D eigenvalue weighted by molar-refractivity contribution is 6.06. The maximum Gasteiger partial charge on any atom is 0.256 e. The number of hydrogen-bond donors (Lipinski definition) is 1. The Morgan fingerprint density at radius 2 is 1.80 bits per heavy atom. The third-order valence-electron chi connectivity index (χ3n) is 4.27. The smallest absolute Gasteiger partial charge is 0.256 e. The molecule has 0 bridgehead atoms. The number of ether oxygens (including phenoxy) is 2. The van der Waals surface area contributed by atoms with E-state index in [9.17, 15) is 4.79 Å². The van der Waals surface area contributed by atoms with E-state index >= 15 is 0 Å². The molecule has 2 rings (SSSR count). The van der Waals surface area contributed by atoms with E-state index in [4.69, 9.17) is 9.47 Å². The molecule has 25 heavy (non-hydrogen) atoms. The lowest BCUT2D eigenvalue weighted by Gasteiger charge is -2.27. The van der Waals surface area contributed by atoms with Crippen molar-refractivity contribution in [1.29, 1.82) is 0 Å². The van der Waals surface area contributed by atoms with E-state index in [2.05, 4.69) is 5.32 Å². The first-order chi connectivity index (χ1) is 11.9. The van der Waals surface area contributed by atoms with Gasteiger partial charge in [-0.3, -0.25) is 4.79 Å². The molecule has 0 aliphatic rings. The Morgan fingerprint density at radius 3 is 2.40 bits per heavy atom. The van der Waals surface area contributed by atoms with Gasteiger partial charge in [0.05, 0.1) is 6.10 Å². The molecule has 0 radical (unpaired) electrons. The molecule has 4 nitrogen and oxygen atoms in total. The number of nitrogens with one attached hydrogen (secondary N) is 1. The van der Waals surface area contributed by atoms with Gasteiger partial charge in [0.2, 0.25) is 0 Å². The molecular weight excluding hydrogens is 314 g/mol. The number of fused-ring (bicyclic) bond motifs is 1. The average Bonchev–Trinajstić information content (AvgIpc) is 2.61. The Hall–Kier alpha value is -2.07. The van der Waals surface area contributed by atoms with Crippen LogP contribution in [0.3, 0.4) is 0 Å². The number of carbonyl (C=O) groups excluding carboxylic acids is 1. The minimum absolute atomic E-state index is 0.0923. The standard InChI is InChI=1S/C21H29NO3/c1-6-14-24-21(5,7-2)20(23)22-18-12-13-19(25-15(3)4)17-11-9-8-10-16(17)18/h8-13,15H,6-7,14H2,1-5H3,(H,22,23). The van der Waals surface area contributed by atoms with Gasteiger partial charge in [0.1, 0.15) is 11.4 Å². The number of benzene rings is 2. The van der Waals surface area contributed by atoms with Crippen molar-refractivity contribution in [3.8, 4) is 5.75 Å². The van der Waals surface area contributed by atoms with Crippen LogP contribution in [-0.4, -0.2) is 24.2 Å². The van der Waals surface area contributed by atoms with Gasteiger partial charge in [-0.2, -0.15) is 0 Å². The summed E-state index contributed by atoms with van der Waals surface area (Å²) in [6.07, 6.45) is 1.59. The van der Waals surface area contributed by atoms with Gasteiger partial charge in [0.15, 0.2) is 0 Å². The minimum Gasteiger partial charge on any atom is -0.490 e. The number of carbonyl (C=O) groups is 1. The average molecular weight is 343 g/mol. The molecule has 1 amide bonds. The van der Waals surface area contributed by atoms with Crippen molar-refractivity contribution in [3.63, 3.8) is 0 Å². The summed E-state index contributed by atoms with van der Waals surface area (Å²) in [5.41, 5.74) is -0.0546. The van der Waals surface area contributed by atoms with E-state index in [-0.39, 0.29) is 12.0 Å². The highest BCUT2D eigenvalue weighted by Gasteiger charge is 2.32. The molecule has 0 saturated carbocycles. The predicted octanol–water partition coefficient (Wildman–Crippen LogP) is 5.16. The predicted molar refractivity (Wildman–Crippen MR) is 103 cm³/mol. The van der Waals surface area contributed by atoms with Crippen molar-refractivity contribution in [2.24, 2.45) is 0 Å². The normalized spacial score (nSPS) is 13.7. The van der Waals surface area contributed by atoms with E-state index in [0.29, 0.717) is 13.0 Å². The quantitative estimate of drug-likeness (QED) is 0.720. The van der Waals surface area contributed by atoms with Crippen LogP contribution in [0.4, 0.5) is 5.69 Å². The first-order valence-electron chi connectivity index (χ1n) is 9.05. The van der Waals surface area contributed by atoms with E-state index < -0.39 is 5.60 Å². The molecule has 0 aliphatic carbocycles. The maximum absolute atomic E-state index is 12.8. The molecule has 136 valence electrons. The van der Waals surface area contributed by atoms with E-state index in [0.717, 1.165) is 28.6 Å². The maximum atomic E-state index is 12.8. The fraction of sp³-hybridized carbons (Fsp3) is 0.476. The van der Waals surface area contributed by atoms with Crippen LogP contribution in [0, 0.1) is 0 Å². The lowest BCUT2D eigenvalue weighted by atomic mass is 10.0. The van der Waals surface area contributed by atoms with Gasteiger partial charge < -0.3 is 14.8 Å². The van der Waals surface area contributed by atoms with Crippen molar-refractivity contribution in [2.45, 2.75) is 59.2 Å². The van der Waals surface area contributed by atoms with Crippen molar-refractivity contribution in [2.75, 3.05) is 11.9 Å². The Labute approximate surface area is 150 Å². The Balaban J connectivity index is 2.34. The molecule has 2 aromatic carbocycles. The molecule has 1 atom stereocenters. The SMILES string of the molecule is CCCOC(C)(CC)C(=O)Nc1ccc(OC(C)C)c2ccccc12. The van der Waals surface area contributed by atoms with E-state index in [1.807, 2.05) is 71.0 Å². The molecule has 0 fully saturated rings. The number of anilines is 1. The largest absolute Gasteiger partial charge is 0.490 e. The van der Waals surface area contributed by atoms with Crippen molar-refractivity contribution < 1.29 is 14.3 Å². The highest BCUT2D eigenvalue weighted by Crippen LogP contribution is 2.33. The van der Waals surface area contributed by atoms with Gasteiger partial charge in [-0.25, -0.2) is 0 Å². The molecule has 1 unspecified atom stereocenters. The minimum atomic E-state index is -0.829. The summed E-state index contributed by atoms with van der Waals surface area (Å²) in [4.78, 5) is 12.8. The molecule has 4 heteroatoms. The van der Waals surface area contributed by atoms with Gasteiger partial charge >= 0.3 is 0 Å². The number of amides is 1. The van der Waals surface area contributed by atoms with Crippen LogP contribution in [-0.2, 0) is 9.53 Å². The van der Waals surface area contributed by atoms with E-state index in [1.165, 1.54) is 0 Å². The van der Waals surface area contributed by atoms with Crippen molar-refractivity contribution in [1.82, 2.24) is 0 Å². The number of hydrogen-bond acceptors (Lipinski definition) is 3. The van der Waals surface area contributed by atoms with Crippen LogP contribution in [0.15, 0.2) is 36.4 Å². The molecule has 0 heterocycles. The summed E-state index contributed by atoms with van der Waals surface area (Å²) in [6.45, 7) is 10.4. The van der Waals surface area contributed by atoms with Gasteiger partial charge in [-0.15, -0.1) is 0 Å². The molecular formula is C21H29NO3. The second-order valence-corrected chi connectivity index (χ2v) is 6.71. The monoisotopic (exact) mass is 343 g/mol. The van der Waals surface area contributed by atoms with Crippen LogP contribution in [0.5, 0.6) is 5.75 Å². The Kier molecular flexibility index (Phi) is 6.43. The first kappa shape index (κ1) is 19.3. The molecule has 1 N–H and O–H groups in total. The van der Waals surface area contributed by atoms with Crippen molar-refractivity contribution in [3.05, 3.63) is 36.4 Å². The zero-order valence-corrected chi connectivity index (χ0v) is 15.9. The first-order valence-corrected chi connectivity index (χ1v) is 9.05. The van der Waals surface area contributed by atoms with Crippen LogP contribution < -0.4 is 10.1 Å². The summed E-state index contributed by atoms with van der Waals surface area (Å²) in [6, 6.07) is 11.7. The molecule has 0 aromatic heterocycles. The summed E-state index contributed by atoms with van der Waals surface area (Å²) in [5.74, 6) is 0.704. The van der Waals surface area contributed by atoms with Crippen LogP contribution in [0.25, 0.3) is 10.8 Å². The van der Waals surface area contributed by atoms with Gasteiger partial charge in [0, 0.05) is 23.1 Å². The lowest BCUT2D eigenvalue weighted by molar-refractivity contribution is -0.139. The fourth-order valence-corrected chi connectivity index (χ4v) is 2.65. The van der Waals surface area contributed by atoms with Gasteiger partial charge in [-0.05, 0) is 45.7 Å². The van der Waals surface area contributed by atoms with Gasteiger partial charge in [0.25, 0.3) is 5.91 Å². The number of rotatable bonds is 8. The molecule has 0 saturated heterocycles. The molecule has 2 aromatic rings. The zero-order valence-electron chi connectivity index (χ0n) is 15.9. The lowest BCUT2D eigenvalue weighted by Crippen LogP contribution is -2.42. The Bertz CT molecular complexity index is 726. The summed E-state index contributed by atoms with van der Waals surface area (Å²) < 4.78 is 11.7. The summed E-state index contributed by atoms with van der Waals surface area (Å²) >= 11 is 0. The highest BCUT2D eigenvalue weighted by atomic mass is 16.5. The third-order valence-corrected chi connectivity index (χ3v) is 4.27. The van der Waals surface area contributed by atoms with E-state index in [1.54, 1.807) is 0 Å². The second-order valence-electron chi connectivity index (χ2n) is 6.71. The van der Waals surface area contributed by atoms with Crippen LogP contribution in [0.2, 0.25) is 0 Å². The molecule has 0 spiro atoms. The zero-order chi connectivity index (χ0) is 18.4. The molecule has 0 aliphatic heterocycles. The van der Waals surface area contributed by atoms with Crippen LogP contribution in [0.1, 0.15) is 47.5 Å². The Morgan fingerprint density at radius 1 is 1.12 bits per heavy atom. The topological polar surface area (TPSA) is 47.6 Å². The van der Waals surface area contributed by atoms with Crippen molar-refractivity contribution >= 4 is 22.4 Å². The second kappa shape index (κ2) is 8.34. The summed E-state index contributed by atoms with van der Waals surface area (Å²) in [5, 5.41) is 5.00. The fourth-order valence-electron chi connectivity index (χ4n) is 2.65. The van der Waals surface area contributed by atoms with Gasteiger partial charge in [-0.1, -0.05) is 38.1 Å². The summed E-state index contributed by atoms with van der Waals surface area (Å²) in [7, 11) is 0. The third kappa shape index (κ3) is 4.51. The van der Waals surface area contributed by atoms with Crippen LogP contribution >= 0.6 is 0 Å².